The first-order valence-corrected chi connectivity index (χ1v) is 7.72. The van der Waals surface area contributed by atoms with E-state index in [1.54, 1.807) is 0 Å². The molecule has 96 valence electrons. The molecular formula is C15H19BrN2. The van der Waals surface area contributed by atoms with Crippen molar-refractivity contribution in [2.75, 3.05) is 0 Å². The van der Waals surface area contributed by atoms with Gasteiger partial charge < -0.3 is 4.57 Å². The van der Waals surface area contributed by atoms with Gasteiger partial charge >= 0.3 is 0 Å². The van der Waals surface area contributed by atoms with Crippen molar-refractivity contribution >= 4 is 27.0 Å². The van der Waals surface area contributed by atoms with Crippen LogP contribution in [-0.2, 0) is 6.54 Å². The number of imidazole rings is 1. The highest BCUT2D eigenvalue weighted by atomic mass is 79.9. The molecule has 1 saturated carbocycles. The summed E-state index contributed by atoms with van der Waals surface area (Å²) in [5.41, 5.74) is 2.35. The average molecular weight is 307 g/mol. The van der Waals surface area contributed by atoms with Crippen LogP contribution in [-0.4, -0.2) is 9.55 Å². The third kappa shape index (κ3) is 2.61. The van der Waals surface area contributed by atoms with Crippen molar-refractivity contribution in [3.05, 3.63) is 29.0 Å². The Morgan fingerprint density at radius 1 is 1.22 bits per heavy atom. The van der Waals surface area contributed by atoms with E-state index in [1.807, 2.05) is 6.33 Å². The van der Waals surface area contributed by atoms with Crippen molar-refractivity contribution in [2.24, 2.45) is 5.92 Å². The number of fused-ring (bicyclic) bond motifs is 1. The van der Waals surface area contributed by atoms with Crippen LogP contribution in [0.2, 0.25) is 0 Å². The monoisotopic (exact) mass is 306 g/mol. The molecule has 18 heavy (non-hydrogen) atoms. The van der Waals surface area contributed by atoms with E-state index < -0.39 is 0 Å². The Balaban J connectivity index is 1.70. The van der Waals surface area contributed by atoms with E-state index in [4.69, 9.17) is 0 Å². The molecule has 3 rings (SSSR count). The Kier molecular flexibility index (Phi) is 3.69. The van der Waals surface area contributed by atoms with Gasteiger partial charge in [-0.2, -0.15) is 0 Å². The summed E-state index contributed by atoms with van der Waals surface area (Å²) in [5, 5.41) is 0. The molecule has 0 bridgehead atoms. The highest BCUT2D eigenvalue weighted by Crippen LogP contribution is 2.27. The third-order valence-corrected chi connectivity index (χ3v) is 4.58. The highest BCUT2D eigenvalue weighted by molar-refractivity contribution is 9.10. The Bertz CT molecular complexity index is 526. The van der Waals surface area contributed by atoms with Crippen LogP contribution in [0.4, 0.5) is 0 Å². The first-order valence-electron chi connectivity index (χ1n) is 6.93. The van der Waals surface area contributed by atoms with Gasteiger partial charge in [0.2, 0.25) is 0 Å². The lowest BCUT2D eigenvalue weighted by Gasteiger charge is -2.21. The Labute approximate surface area is 117 Å². The topological polar surface area (TPSA) is 17.8 Å². The fourth-order valence-corrected chi connectivity index (χ4v) is 3.36. The number of aryl methyl sites for hydroxylation is 1. The Morgan fingerprint density at radius 3 is 2.89 bits per heavy atom. The predicted octanol–water partition coefficient (Wildman–Crippen LogP) is 4.77. The summed E-state index contributed by atoms with van der Waals surface area (Å²) < 4.78 is 3.41. The summed E-state index contributed by atoms with van der Waals surface area (Å²) in [6.07, 6.45) is 10.5. The molecule has 1 heterocycles. The Morgan fingerprint density at radius 2 is 2.06 bits per heavy atom. The molecule has 0 unspecified atom stereocenters. The van der Waals surface area contributed by atoms with Crippen LogP contribution in [0.5, 0.6) is 0 Å². The number of halogens is 1. The largest absolute Gasteiger partial charge is 0.331 e. The van der Waals surface area contributed by atoms with Crippen LogP contribution in [0.3, 0.4) is 0 Å². The summed E-state index contributed by atoms with van der Waals surface area (Å²) in [7, 11) is 0. The van der Waals surface area contributed by atoms with E-state index in [1.165, 1.54) is 44.0 Å². The number of hydrogen-bond acceptors (Lipinski definition) is 1. The van der Waals surface area contributed by atoms with Crippen molar-refractivity contribution in [3.63, 3.8) is 0 Å². The van der Waals surface area contributed by atoms with Crippen LogP contribution in [0.15, 0.2) is 29.0 Å². The van der Waals surface area contributed by atoms with Gasteiger partial charge in [-0.3, -0.25) is 0 Å². The van der Waals surface area contributed by atoms with Crippen molar-refractivity contribution in [3.8, 4) is 0 Å². The van der Waals surface area contributed by atoms with Gasteiger partial charge in [-0.1, -0.05) is 48.0 Å². The van der Waals surface area contributed by atoms with Crippen molar-refractivity contribution in [1.29, 1.82) is 0 Å². The van der Waals surface area contributed by atoms with E-state index in [9.17, 15) is 0 Å². The van der Waals surface area contributed by atoms with Gasteiger partial charge in [-0.25, -0.2) is 4.98 Å². The fraction of sp³-hybridized carbons (Fsp3) is 0.533. The van der Waals surface area contributed by atoms with E-state index in [-0.39, 0.29) is 0 Å². The third-order valence-electron chi connectivity index (χ3n) is 4.09. The molecule has 0 amide bonds. The van der Waals surface area contributed by atoms with E-state index in [0.717, 1.165) is 22.5 Å². The summed E-state index contributed by atoms with van der Waals surface area (Å²) in [5.74, 6) is 0.937. The van der Waals surface area contributed by atoms with Gasteiger partial charge in [0.15, 0.2) is 0 Å². The van der Waals surface area contributed by atoms with Gasteiger partial charge in [-0.05, 0) is 30.5 Å². The van der Waals surface area contributed by atoms with Crippen LogP contribution in [0.25, 0.3) is 11.0 Å². The molecule has 1 aromatic heterocycles. The maximum atomic E-state index is 4.48. The zero-order chi connectivity index (χ0) is 12.4. The van der Waals surface area contributed by atoms with Crippen molar-refractivity contribution in [1.82, 2.24) is 9.55 Å². The summed E-state index contributed by atoms with van der Waals surface area (Å²) in [6, 6.07) is 6.35. The molecule has 1 fully saturated rings. The molecule has 0 N–H and O–H groups in total. The molecule has 1 aromatic carbocycles. The van der Waals surface area contributed by atoms with Crippen LogP contribution < -0.4 is 0 Å². The minimum Gasteiger partial charge on any atom is -0.331 e. The standard InChI is InChI=1S/C15H19BrN2/c16-13-6-7-15-14(10-13)17-11-18(15)9-8-12-4-2-1-3-5-12/h6-7,10-12H,1-5,8-9H2. The van der Waals surface area contributed by atoms with Crippen LogP contribution in [0.1, 0.15) is 38.5 Å². The second-order valence-electron chi connectivity index (χ2n) is 5.36. The summed E-state index contributed by atoms with van der Waals surface area (Å²) in [4.78, 5) is 4.48. The quantitative estimate of drug-likeness (QED) is 0.798. The molecule has 0 saturated heterocycles. The molecule has 1 aliphatic carbocycles. The van der Waals surface area contributed by atoms with Crippen LogP contribution in [0, 0.1) is 5.92 Å². The van der Waals surface area contributed by atoms with E-state index in [0.29, 0.717) is 0 Å². The number of benzene rings is 1. The lowest BCUT2D eigenvalue weighted by Crippen LogP contribution is -2.09. The minimum atomic E-state index is 0.937. The maximum Gasteiger partial charge on any atom is 0.0958 e. The number of aromatic nitrogens is 2. The molecule has 2 aromatic rings. The molecule has 0 radical (unpaired) electrons. The SMILES string of the molecule is Brc1ccc2c(c1)ncn2CCC1CCCCC1. The molecule has 0 aliphatic heterocycles. The number of rotatable bonds is 3. The van der Waals surface area contributed by atoms with Gasteiger partial charge in [0.05, 0.1) is 17.4 Å². The number of hydrogen-bond donors (Lipinski definition) is 0. The first kappa shape index (κ1) is 12.2. The van der Waals surface area contributed by atoms with Gasteiger partial charge in [0, 0.05) is 11.0 Å². The summed E-state index contributed by atoms with van der Waals surface area (Å²) in [6.45, 7) is 1.11. The molecule has 0 atom stereocenters. The fourth-order valence-electron chi connectivity index (χ4n) is 3.01. The van der Waals surface area contributed by atoms with Gasteiger partial charge in [-0.15, -0.1) is 0 Å². The lowest BCUT2D eigenvalue weighted by molar-refractivity contribution is 0.325. The second kappa shape index (κ2) is 5.43. The number of nitrogens with zero attached hydrogens (tertiary/aromatic N) is 2. The highest BCUT2D eigenvalue weighted by Gasteiger charge is 2.13. The van der Waals surface area contributed by atoms with Gasteiger partial charge in [0.25, 0.3) is 0 Å². The molecule has 2 nitrogen and oxygen atoms in total. The lowest BCUT2D eigenvalue weighted by atomic mass is 9.87. The minimum absolute atomic E-state index is 0.937. The molecule has 1 aliphatic rings. The maximum absolute atomic E-state index is 4.48. The van der Waals surface area contributed by atoms with Crippen LogP contribution >= 0.6 is 15.9 Å². The molecular weight excluding hydrogens is 288 g/mol. The van der Waals surface area contributed by atoms with Gasteiger partial charge in [0.1, 0.15) is 0 Å². The van der Waals surface area contributed by atoms with E-state index in [2.05, 4.69) is 43.7 Å². The predicted molar refractivity (Wildman–Crippen MR) is 78.6 cm³/mol. The molecule has 3 heteroatoms. The van der Waals surface area contributed by atoms with E-state index >= 15 is 0 Å². The van der Waals surface area contributed by atoms with Crippen molar-refractivity contribution in [2.45, 2.75) is 45.1 Å². The smallest absolute Gasteiger partial charge is 0.0958 e. The average Bonchev–Trinajstić information content (AvgIpc) is 2.80. The summed E-state index contributed by atoms with van der Waals surface area (Å²) >= 11 is 3.49. The first-order chi connectivity index (χ1) is 8.83. The zero-order valence-corrected chi connectivity index (χ0v) is 12.2. The zero-order valence-electron chi connectivity index (χ0n) is 10.6. The van der Waals surface area contributed by atoms with Crippen molar-refractivity contribution < 1.29 is 0 Å². The molecule has 0 spiro atoms. The Hall–Kier alpha value is -0.830. The normalized spacial score (nSPS) is 17.4. The second-order valence-corrected chi connectivity index (χ2v) is 6.28.